The molecule has 2 aromatic rings. The molecule has 0 aliphatic carbocycles. The Morgan fingerprint density at radius 1 is 1.44 bits per heavy atom. The van der Waals surface area contributed by atoms with E-state index >= 15 is 0 Å². The lowest BCUT2D eigenvalue weighted by molar-refractivity contribution is 0.102. The predicted molar refractivity (Wildman–Crippen MR) is 63.3 cm³/mol. The summed E-state index contributed by atoms with van der Waals surface area (Å²) in [4.78, 5) is 11.8. The normalized spacial score (nSPS) is 10.1. The Morgan fingerprint density at radius 3 is 2.88 bits per heavy atom. The highest BCUT2D eigenvalue weighted by Gasteiger charge is 2.11. The molecule has 16 heavy (non-hydrogen) atoms. The number of amides is 1. The second-order valence-electron chi connectivity index (χ2n) is 3.32. The quantitative estimate of drug-likeness (QED) is 0.920. The number of aryl methyl sites for hydroxylation is 1. The zero-order valence-electron chi connectivity index (χ0n) is 8.53. The van der Waals surface area contributed by atoms with Crippen LogP contribution in [-0.4, -0.2) is 11.1 Å². The number of nitrogens with zero attached hydrogens (tertiary/aromatic N) is 1. The molecule has 2 rings (SSSR count). The molecule has 0 aliphatic heterocycles. The van der Waals surface area contributed by atoms with Crippen LogP contribution < -0.4 is 5.32 Å². The Hall–Kier alpha value is -1.62. The maximum Gasteiger partial charge on any atom is 0.258 e. The third kappa shape index (κ3) is 2.30. The van der Waals surface area contributed by atoms with Gasteiger partial charge in [0.25, 0.3) is 5.91 Å². The van der Waals surface area contributed by atoms with Crippen LogP contribution in [0.25, 0.3) is 0 Å². The van der Waals surface area contributed by atoms with Crippen molar-refractivity contribution in [3.05, 3.63) is 46.1 Å². The van der Waals surface area contributed by atoms with Crippen molar-refractivity contribution in [2.45, 2.75) is 6.92 Å². The van der Waals surface area contributed by atoms with Gasteiger partial charge in [0.1, 0.15) is 6.26 Å². The van der Waals surface area contributed by atoms with E-state index in [4.69, 9.17) is 0 Å². The number of rotatable bonds is 2. The Balaban J connectivity index is 2.21. The Bertz CT molecular complexity index is 509. The molecular formula is C11H9BrN2O2. The summed E-state index contributed by atoms with van der Waals surface area (Å²) in [5.74, 6) is 0.179. The van der Waals surface area contributed by atoms with Gasteiger partial charge in [-0.1, -0.05) is 11.2 Å². The number of carbonyl (C=O) groups is 1. The minimum Gasteiger partial charge on any atom is -0.363 e. The lowest BCUT2D eigenvalue weighted by Gasteiger charge is -2.04. The van der Waals surface area contributed by atoms with Gasteiger partial charge < -0.3 is 9.84 Å². The number of hydrogen-bond donors (Lipinski definition) is 1. The third-order valence-electron chi connectivity index (χ3n) is 2.05. The molecule has 0 aliphatic rings. The Kier molecular flexibility index (Phi) is 3.05. The molecule has 5 heteroatoms. The third-order valence-corrected chi connectivity index (χ3v) is 2.70. The molecule has 4 nitrogen and oxygen atoms in total. The molecule has 0 radical (unpaired) electrons. The van der Waals surface area contributed by atoms with Crippen molar-refractivity contribution >= 4 is 27.7 Å². The molecule has 0 atom stereocenters. The van der Waals surface area contributed by atoms with Gasteiger partial charge in [-0.15, -0.1) is 0 Å². The van der Waals surface area contributed by atoms with Crippen molar-refractivity contribution in [1.29, 1.82) is 0 Å². The van der Waals surface area contributed by atoms with E-state index in [1.807, 2.05) is 19.1 Å². The van der Waals surface area contributed by atoms with E-state index in [0.717, 1.165) is 10.0 Å². The van der Waals surface area contributed by atoms with Crippen LogP contribution in [0.5, 0.6) is 0 Å². The van der Waals surface area contributed by atoms with Gasteiger partial charge in [-0.05, 0) is 40.5 Å². The van der Waals surface area contributed by atoms with E-state index < -0.39 is 0 Å². The molecule has 0 fully saturated rings. The molecule has 0 unspecified atom stereocenters. The molecule has 82 valence electrons. The van der Waals surface area contributed by atoms with Crippen LogP contribution in [0.2, 0.25) is 0 Å². The summed E-state index contributed by atoms with van der Waals surface area (Å²) in [5.41, 5.74) is 1.65. The van der Waals surface area contributed by atoms with Gasteiger partial charge in [0, 0.05) is 10.5 Å². The SMILES string of the molecule is Cc1ccc(C(=O)Nc2ccon2)c(Br)c1. The molecule has 1 aromatic heterocycles. The maximum absolute atomic E-state index is 11.8. The van der Waals surface area contributed by atoms with Crippen LogP contribution in [0.1, 0.15) is 15.9 Å². The molecular weight excluding hydrogens is 272 g/mol. The van der Waals surface area contributed by atoms with Gasteiger partial charge in [-0.3, -0.25) is 4.79 Å². The number of hydrogen-bond acceptors (Lipinski definition) is 3. The second kappa shape index (κ2) is 4.49. The van der Waals surface area contributed by atoms with Crippen molar-refractivity contribution in [3.63, 3.8) is 0 Å². The van der Waals surface area contributed by atoms with Crippen molar-refractivity contribution in [2.75, 3.05) is 5.32 Å². The molecule has 1 heterocycles. The molecule has 0 bridgehead atoms. The molecule has 0 saturated heterocycles. The van der Waals surface area contributed by atoms with E-state index in [2.05, 4.69) is 30.9 Å². The fourth-order valence-corrected chi connectivity index (χ4v) is 1.94. The number of anilines is 1. The molecule has 0 spiro atoms. The van der Waals surface area contributed by atoms with Gasteiger partial charge in [-0.25, -0.2) is 0 Å². The Labute approximate surface area is 101 Å². The van der Waals surface area contributed by atoms with E-state index in [1.54, 1.807) is 12.1 Å². The van der Waals surface area contributed by atoms with Crippen molar-refractivity contribution in [3.8, 4) is 0 Å². The van der Waals surface area contributed by atoms with E-state index in [1.165, 1.54) is 6.26 Å². The summed E-state index contributed by atoms with van der Waals surface area (Å²) in [7, 11) is 0. The van der Waals surface area contributed by atoms with Gasteiger partial charge in [0.15, 0.2) is 5.82 Å². The first-order valence-electron chi connectivity index (χ1n) is 4.65. The van der Waals surface area contributed by atoms with Crippen LogP contribution in [0, 0.1) is 6.92 Å². The number of carbonyl (C=O) groups excluding carboxylic acids is 1. The van der Waals surface area contributed by atoms with Crippen molar-refractivity contribution in [1.82, 2.24) is 5.16 Å². The van der Waals surface area contributed by atoms with Crippen molar-refractivity contribution < 1.29 is 9.32 Å². The monoisotopic (exact) mass is 280 g/mol. The zero-order chi connectivity index (χ0) is 11.5. The first kappa shape index (κ1) is 10.9. The zero-order valence-corrected chi connectivity index (χ0v) is 10.1. The average molecular weight is 281 g/mol. The summed E-state index contributed by atoms with van der Waals surface area (Å²) in [6.45, 7) is 1.96. The second-order valence-corrected chi connectivity index (χ2v) is 4.18. The highest BCUT2D eigenvalue weighted by Crippen LogP contribution is 2.19. The van der Waals surface area contributed by atoms with Crippen LogP contribution in [0.4, 0.5) is 5.82 Å². The summed E-state index contributed by atoms with van der Waals surface area (Å²) in [5, 5.41) is 6.23. The van der Waals surface area contributed by atoms with Crippen LogP contribution in [0.3, 0.4) is 0 Å². The largest absolute Gasteiger partial charge is 0.363 e. The number of halogens is 1. The summed E-state index contributed by atoms with van der Waals surface area (Å²) < 4.78 is 5.38. The molecule has 1 amide bonds. The van der Waals surface area contributed by atoms with Crippen LogP contribution in [0.15, 0.2) is 39.5 Å². The number of aromatic nitrogens is 1. The maximum atomic E-state index is 11.8. The van der Waals surface area contributed by atoms with Crippen molar-refractivity contribution in [2.24, 2.45) is 0 Å². The van der Waals surface area contributed by atoms with E-state index in [0.29, 0.717) is 11.4 Å². The highest BCUT2D eigenvalue weighted by atomic mass is 79.9. The fourth-order valence-electron chi connectivity index (χ4n) is 1.26. The lowest BCUT2D eigenvalue weighted by Crippen LogP contribution is -2.12. The fraction of sp³-hybridized carbons (Fsp3) is 0.0909. The van der Waals surface area contributed by atoms with Gasteiger partial charge in [0.05, 0.1) is 5.56 Å². The standard InChI is InChI=1S/C11H9BrN2O2/c1-7-2-3-8(9(12)6-7)11(15)13-10-4-5-16-14-10/h2-6H,1H3,(H,13,14,15). The van der Waals surface area contributed by atoms with E-state index in [-0.39, 0.29) is 5.91 Å². The molecule has 1 N–H and O–H groups in total. The predicted octanol–water partition coefficient (Wildman–Crippen LogP) is 3.00. The van der Waals surface area contributed by atoms with Gasteiger partial charge >= 0.3 is 0 Å². The molecule has 1 aromatic carbocycles. The average Bonchev–Trinajstić information content (AvgIpc) is 2.70. The lowest BCUT2D eigenvalue weighted by atomic mass is 10.1. The highest BCUT2D eigenvalue weighted by molar-refractivity contribution is 9.10. The topological polar surface area (TPSA) is 55.1 Å². The van der Waals surface area contributed by atoms with Gasteiger partial charge in [-0.2, -0.15) is 0 Å². The minimum absolute atomic E-state index is 0.222. The Morgan fingerprint density at radius 2 is 2.25 bits per heavy atom. The first-order valence-corrected chi connectivity index (χ1v) is 5.44. The number of benzene rings is 1. The summed E-state index contributed by atoms with van der Waals surface area (Å²) in [6.07, 6.45) is 1.40. The number of nitrogens with one attached hydrogen (secondary N) is 1. The van der Waals surface area contributed by atoms with Crippen LogP contribution >= 0.6 is 15.9 Å². The van der Waals surface area contributed by atoms with E-state index in [9.17, 15) is 4.79 Å². The summed E-state index contributed by atoms with van der Waals surface area (Å²) in [6, 6.07) is 7.11. The van der Waals surface area contributed by atoms with Gasteiger partial charge in [0.2, 0.25) is 0 Å². The minimum atomic E-state index is -0.222. The van der Waals surface area contributed by atoms with Crippen LogP contribution in [-0.2, 0) is 0 Å². The molecule has 0 saturated carbocycles. The smallest absolute Gasteiger partial charge is 0.258 e. The summed E-state index contributed by atoms with van der Waals surface area (Å²) >= 11 is 3.35. The first-order chi connectivity index (χ1) is 7.66.